The molecule has 0 bridgehead atoms. The van der Waals surface area contributed by atoms with Crippen LogP contribution in [-0.4, -0.2) is 60.6 Å². The largest absolute Gasteiger partial charge is 2.00 e. The Hall–Kier alpha value is -1.39. The second-order valence-corrected chi connectivity index (χ2v) is 10.3. The predicted octanol–water partition coefficient (Wildman–Crippen LogP) is 7.18. The summed E-state index contributed by atoms with van der Waals surface area (Å²) in [5.74, 6) is 2.44. The van der Waals surface area contributed by atoms with E-state index in [4.69, 9.17) is 4.74 Å². The van der Waals surface area contributed by atoms with E-state index in [1.807, 2.05) is 52.1 Å². The number of carbonyl (C=O) groups is 1. The fraction of sp³-hybridized carbons (Fsp3) is 0.621. The van der Waals surface area contributed by atoms with Gasteiger partial charge < -0.3 is 23.3 Å². The molecular weight excluding hydrogens is 698 g/mol. The zero-order valence-electron chi connectivity index (χ0n) is 23.9. The van der Waals surface area contributed by atoms with Crippen molar-refractivity contribution in [1.82, 2.24) is 9.80 Å². The number of piperazine rings is 1. The summed E-state index contributed by atoms with van der Waals surface area (Å²) in [4.78, 5) is 20.8. The van der Waals surface area contributed by atoms with E-state index in [2.05, 4.69) is 42.8 Å². The Labute approximate surface area is 247 Å². The summed E-state index contributed by atoms with van der Waals surface area (Å²) in [5, 5.41) is 0. The van der Waals surface area contributed by atoms with Crippen LogP contribution in [0, 0.1) is 62.4 Å². The molecule has 1 saturated heterocycles. The first-order valence-electron chi connectivity index (χ1n) is 12.9. The maximum Gasteiger partial charge on any atom is 2.00 e. The van der Waals surface area contributed by atoms with Crippen LogP contribution < -0.4 is 0 Å². The van der Waals surface area contributed by atoms with Crippen LogP contribution >= 0.6 is 0 Å². The maximum absolute atomic E-state index is 12.2. The molecule has 1 aliphatic heterocycles. The molecule has 206 valence electrons. The van der Waals surface area contributed by atoms with Crippen molar-refractivity contribution in [2.24, 2.45) is 16.8 Å². The summed E-state index contributed by atoms with van der Waals surface area (Å²) >= 11 is 0. The fourth-order valence-electron chi connectivity index (χ4n) is 3.68. The average molecular weight is 744 g/mol. The van der Waals surface area contributed by atoms with Gasteiger partial charge in [-0.25, -0.2) is 4.79 Å². The Bertz CT molecular complexity index is 827. The summed E-state index contributed by atoms with van der Waals surface area (Å²) < 4.78 is 26.0. The molecule has 1 heterocycles. The van der Waals surface area contributed by atoms with Gasteiger partial charge in [-0.3, -0.25) is 4.99 Å². The molecule has 1 aromatic carbocycles. The van der Waals surface area contributed by atoms with Gasteiger partial charge in [0.25, 0.3) is 0 Å². The minimum Gasteiger partial charge on any atom is -0.444 e. The van der Waals surface area contributed by atoms with E-state index in [0.717, 1.165) is 31.8 Å². The Kier molecular flexibility index (Phi) is 17.3. The summed E-state index contributed by atoms with van der Waals surface area (Å²) in [6.07, 6.45) is 4.33. The molecule has 8 heteroatoms. The minimum absolute atomic E-state index is 0. The second-order valence-electron chi connectivity index (χ2n) is 10.3. The molecule has 5 nitrogen and oxygen atoms in total. The van der Waals surface area contributed by atoms with Crippen LogP contribution in [0.25, 0.3) is 0 Å². The van der Waals surface area contributed by atoms with E-state index in [-0.39, 0.29) is 37.2 Å². The topological polar surface area (TPSA) is 45.1 Å². The first kappa shape index (κ1) is 35.6. The maximum atomic E-state index is 12.2. The van der Waals surface area contributed by atoms with Gasteiger partial charge in [0.1, 0.15) is 11.4 Å². The van der Waals surface area contributed by atoms with Gasteiger partial charge in [-0.05, 0) is 64.4 Å². The van der Waals surface area contributed by atoms with Crippen molar-refractivity contribution < 1.29 is 49.4 Å². The molecule has 1 aromatic rings. The number of nitrogens with zero attached hydrogens (tertiary/aromatic N) is 3. The van der Waals surface area contributed by atoms with Crippen LogP contribution in [0.5, 0.6) is 0 Å². The molecule has 3 rings (SSSR count). The molecule has 0 radical (unpaired) electrons. The van der Waals surface area contributed by atoms with Gasteiger partial charge in [-0.15, -0.1) is 6.92 Å². The number of halogens is 2. The number of carbonyl (C=O) groups excluding carboxylic acids is 1. The van der Waals surface area contributed by atoms with Crippen molar-refractivity contribution >= 4 is 11.9 Å². The molecule has 0 N–H and O–H groups in total. The van der Waals surface area contributed by atoms with E-state index < -0.39 is 12.0 Å². The van der Waals surface area contributed by atoms with Crippen molar-refractivity contribution in [3.8, 4) is 0 Å². The number of hydrogen-bond donors (Lipinski definition) is 0. The molecule has 1 saturated carbocycles. The fourth-order valence-corrected chi connectivity index (χ4v) is 3.68. The van der Waals surface area contributed by atoms with Gasteiger partial charge in [-0.2, -0.15) is 35.9 Å². The van der Waals surface area contributed by atoms with Crippen molar-refractivity contribution in [3.05, 3.63) is 54.0 Å². The normalized spacial score (nSPS) is 17.1. The minimum atomic E-state index is -1.58. The first-order chi connectivity index (χ1) is 16.9. The summed E-state index contributed by atoms with van der Waals surface area (Å²) in [6, 6.07) is 10.8. The summed E-state index contributed by atoms with van der Waals surface area (Å²) in [6.45, 7) is 16.1. The van der Waals surface area contributed by atoms with Gasteiger partial charge in [0.15, 0.2) is 0 Å². The zero-order chi connectivity index (χ0) is 27.3. The third kappa shape index (κ3) is 15.6. The number of aryl methyl sites for hydroxylation is 1. The average Bonchev–Trinajstić information content (AvgIpc) is 3.64. The third-order valence-corrected chi connectivity index (χ3v) is 5.90. The number of aliphatic imine (C=N–C) groups is 1. The molecule has 0 aromatic heterocycles. The Morgan fingerprint density at radius 2 is 1.68 bits per heavy atom. The number of hydrogen-bond acceptors (Lipinski definition) is 3. The molecule has 2 fully saturated rings. The molecular formula is C29H45F2N3O2U. The van der Waals surface area contributed by atoms with Gasteiger partial charge in [-0.1, -0.05) is 26.3 Å². The number of rotatable bonds is 4. The smallest absolute Gasteiger partial charge is 0.444 e. The van der Waals surface area contributed by atoms with Crippen LogP contribution in [0.3, 0.4) is 0 Å². The number of benzene rings is 1. The van der Waals surface area contributed by atoms with Crippen LogP contribution in [-0.2, 0) is 4.74 Å². The second kappa shape index (κ2) is 18.0. The summed E-state index contributed by atoms with van der Waals surface area (Å²) in [5.41, 5.74) is 2.40. The van der Waals surface area contributed by atoms with Crippen molar-refractivity contribution in [2.75, 3.05) is 33.2 Å². The van der Waals surface area contributed by atoms with E-state index in [1.165, 1.54) is 24.8 Å². The molecule has 0 spiro atoms. The number of amidine groups is 1. The number of ether oxygens (including phenoxy) is 1. The Balaban J connectivity index is 0.000000897. The van der Waals surface area contributed by atoms with Gasteiger partial charge >= 0.3 is 37.2 Å². The van der Waals surface area contributed by atoms with Crippen LogP contribution in [0.2, 0.25) is 0 Å². The van der Waals surface area contributed by atoms with Gasteiger partial charge in [0.2, 0.25) is 0 Å². The zero-order valence-corrected chi connectivity index (χ0v) is 28.1. The monoisotopic (exact) mass is 743 g/mol. The van der Waals surface area contributed by atoms with Crippen LogP contribution in [0.1, 0.15) is 66.4 Å². The molecule has 1 atom stereocenters. The van der Waals surface area contributed by atoms with Gasteiger partial charge in [0, 0.05) is 33.2 Å². The van der Waals surface area contributed by atoms with E-state index in [1.54, 1.807) is 10.5 Å². The van der Waals surface area contributed by atoms with Crippen molar-refractivity contribution in [3.63, 3.8) is 0 Å². The van der Waals surface area contributed by atoms with Crippen LogP contribution in [0.4, 0.5) is 13.6 Å². The van der Waals surface area contributed by atoms with Crippen molar-refractivity contribution in [1.29, 1.82) is 0 Å². The van der Waals surface area contributed by atoms with E-state index in [0.29, 0.717) is 19.0 Å². The number of allylic oxidation sites excluding steroid dienone is 1. The van der Waals surface area contributed by atoms with Crippen molar-refractivity contribution in [2.45, 2.75) is 73.3 Å². The number of amides is 1. The summed E-state index contributed by atoms with van der Waals surface area (Å²) in [7, 11) is 1.87. The quantitative estimate of drug-likeness (QED) is 0.187. The first-order valence-corrected chi connectivity index (χ1v) is 12.9. The Morgan fingerprint density at radius 1 is 1.19 bits per heavy atom. The molecule has 37 heavy (non-hydrogen) atoms. The molecule has 1 unspecified atom stereocenters. The SMILES string of the molecule is CCC(C)/C(=C\C(=NC)N1CCN(C(=O)OC(C)(C)C)CC1)C1CC1.C[C-](F)F.Cc1cc[c-]cc1.[U+2]. The molecule has 1 amide bonds. The molecule has 2 aliphatic rings. The standard InChI is InChI=1S/C20H35N3O2.C7H7.C2H3F2.U/c1-7-15(2)17(16-8-9-16)14-18(21-6)22-10-12-23(13-11-22)19(24)25-20(3,4)5;1-7-5-3-2-4-6-7;1-2(3)4;/h14-16H,7-13H2,1-6H3;3-6H,1H3;1H3;/q;2*-1;+2/b17-14+,21-18?;;;. The molecule has 1 aliphatic carbocycles. The Morgan fingerprint density at radius 3 is 2.03 bits per heavy atom. The predicted molar refractivity (Wildman–Crippen MR) is 144 cm³/mol. The van der Waals surface area contributed by atoms with Crippen LogP contribution in [0.15, 0.2) is 40.9 Å². The van der Waals surface area contributed by atoms with Gasteiger partial charge in [0.05, 0.1) is 0 Å². The van der Waals surface area contributed by atoms with E-state index >= 15 is 0 Å². The third-order valence-electron chi connectivity index (χ3n) is 5.90. The van der Waals surface area contributed by atoms with E-state index in [9.17, 15) is 13.6 Å².